The monoisotopic (exact) mass is 291 g/mol. The van der Waals surface area contributed by atoms with Gasteiger partial charge in [0.2, 0.25) is 0 Å². The van der Waals surface area contributed by atoms with Gasteiger partial charge in [0.05, 0.1) is 6.04 Å². The van der Waals surface area contributed by atoms with Crippen LogP contribution in [0.4, 0.5) is 17.6 Å². The standard InChI is InChI=1S/C12H9F4NOS/c13-8-6-7(11(17)10-2-1-5-19-10)3-4-9(8)18-12(14,15)16/h1-6,11H,17H2/t11-/m0/s1. The Morgan fingerprint density at radius 1 is 1.21 bits per heavy atom. The summed E-state index contributed by atoms with van der Waals surface area (Å²) in [6, 6.07) is 6.17. The predicted octanol–water partition coefficient (Wildman–Crippen LogP) is 3.83. The van der Waals surface area contributed by atoms with E-state index >= 15 is 0 Å². The maximum absolute atomic E-state index is 13.5. The molecule has 0 bridgehead atoms. The highest BCUT2D eigenvalue weighted by molar-refractivity contribution is 7.10. The number of thiophene rings is 1. The zero-order chi connectivity index (χ0) is 14.0. The molecule has 2 nitrogen and oxygen atoms in total. The van der Waals surface area contributed by atoms with Gasteiger partial charge < -0.3 is 10.5 Å². The van der Waals surface area contributed by atoms with E-state index in [1.165, 1.54) is 17.4 Å². The minimum atomic E-state index is -4.92. The SMILES string of the molecule is N[C@@H](c1ccc(OC(F)(F)F)c(F)c1)c1cccs1. The number of rotatable bonds is 3. The van der Waals surface area contributed by atoms with E-state index in [0.29, 0.717) is 5.56 Å². The van der Waals surface area contributed by atoms with Gasteiger partial charge >= 0.3 is 6.36 Å². The van der Waals surface area contributed by atoms with Crippen molar-refractivity contribution in [3.05, 3.63) is 52.0 Å². The van der Waals surface area contributed by atoms with Crippen molar-refractivity contribution in [2.24, 2.45) is 5.73 Å². The molecule has 0 saturated carbocycles. The molecule has 0 amide bonds. The van der Waals surface area contributed by atoms with E-state index in [9.17, 15) is 17.6 Å². The van der Waals surface area contributed by atoms with Crippen LogP contribution in [0.2, 0.25) is 0 Å². The maximum atomic E-state index is 13.5. The molecule has 0 saturated heterocycles. The first-order valence-corrected chi connectivity index (χ1v) is 6.09. The van der Waals surface area contributed by atoms with Crippen LogP contribution in [0, 0.1) is 5.82 Å². The lowest BCUT2D eigenvalue weighted by Crippen LogP contribution is -2.18. The van der Waals surface area contributed by atoms with Crippen LogP contribution in [0.25, 0.3) is 0 Å². The third kappa shape index (κ3) is 3.45. The summed E-state index contributed by atoms with van der Waals surface area (Å²) in [6.07, 6.45) is -4.92. The molecule has 0 aliphatic carbocycles. The molecule has 1 heterocycles. The van der Waals surface area contributed by atoms with E-state index < -0.39 is 24.0 Å². The summed E-state index contributed by atoms with van der Waals surface area (Å²) >= 11 is 1.39. The summed E-state index contributed by atoms with van der Waals surface area (Å²) in [6.45, 7) is 0. The number of benzene rings is 1. The van der Waals surface area contributed by atoms with Crippen LogP contribution in [-0.4, -0.2) is 6.36 Å². The van der Waals surface area contributed by atoms with Crippen molar-refractivity contribution in [3.8, 4) is 5.75 Å². The minimum absolute atomic E-state index is 0.384. The van der Waals surface area contributed by atoms with E-state index in [1.54, 1.807) is 12.1 Å². The zero-order valence-corrected chi connectivity index (χ0v) is 10.3. The van der Waals surface area contributed by atoms with E-state index in [0.717, 1.165) is 17.0 Å². The van der Waals surface area contributed by atoms with Crippen LogP contribution < -0.4 is 10.5 Å². The smallest absolute Gasteiger partial charge is 0.403 e. The van der Waals surface area contributed by atoms with E-state index in [1.807, 2.05) is 5.38 Å². The average Bonchev–Trinajstić information content (AvgIpc) is 2.82. The van der Waals surface area contributed by atoms with Gasteiger partial charge in [-0.05, 0) is 29.1 Å². The minimum Gasteiger partial charge on any atom is -0.403 e. The van der Waals surface area contributed by atoms with E-state index in [4.69, 9.17) is 5.73 Å². The van der Waals surface area contributed by atoms with Crippen molar-refractivity contribution in [3.63, 3.8) is 0 Å². The number of halogens is 4. The first-order valence-electron chi connectivity index (χ1n) is 5.21. The molecule has 0 unspecified atom stereocenters. The van der Waals surface area contributed by atoms with Gasteiger partial charge in [0.15, 0.2) is 11.6 Å². The molecular weight excluding hydrogens is 282 g/mol. The van der Waals surface area contributed by atoms with Gasteiger partial charge in [-0.25, -0.2) is 4.39 Å². The summed E-state index contributed by atoms with van der Waals surface area (Å²) in [5.74, 6) is -1.96. The fourth-order valence-electron chi connectivity index (χ4n) is 1.55. The Morgan fingerprint density at radius 3 is 2.47 bits per heavy atom. The summed E-state index contributed by atoms with van der Waals surface area (Å²) in [5, 5.41) is 1.81. The summed E-state index contributed by atoms with van der Waals surface area (Å²) < 4.78 is 53.0. The van der Waals surface area contributed by atoms with Crippen molar-refractivity contribution in [1.29, 1.82) is 0 Å². The largest absolute Gasteiger partial charge is 0.573 e. The molecule has 2 aromatic rings. The molecule has 0 radical (unpaired) electrons. The molecular formula is C12H9F4NOS. The molecule has 1 atom stereocenters. The molecule has 1 aromatic heterocycles. The van der Waals surface area contributed by atoms with Crippen LogP contribution in [-0.2, 0) is 0 Å². The van der Waals surface area contributed by atoms with E-state index in [-0.39, 0.29) is 0 Å². The number of ether oxygens (including phenoxy) is 1. The molecule has 1 aromatic carbocycles. The maximum Gasteiger partial charge on any atom is 0.573 e. The highest BCUT2D eigenvalue weighted by Crippen LogP contribution is 2.30. The number of hydrogen-bond donors (Lipinski definition) is 1. The van der Waals surface area contributed by atoms with Crippen molar-refractivity contribution in [2.75, 3.05) is 0 Å². The Kier molecular flexibility index (Phi) is 3.77. The molecule has 0 spiro atoms. The molecule has 0 aliphatic heterocycles. The lowest BCUT2D eigenvalue weighted by molar-refractivity contribution is -0.275. The second-order valence-electron chi connectivity index (χ2n) is 3.73. The lowest BCUT2D eigenvalue weighted by atomic mass is 10.1. The first kappa shape index (κ1) is 13.8. The molecule has 102 valence electrons. The molecule has 2 rings (SSSR count). The number of hydrogen-bond acceptors (Lipinski definition) is 3. The van der Waals surface area contributed by atoms with Crippen LogP contribution in [0.15, 0.2) is 35.7 Å². The van der Waals surface area contributed by atoms with Gasteiger partial charge in [-0.1, -0.05) is 12.1 Å². The van der Waals surface area contributed by atoms with Gasteiger partial charge in [-0.3, -0.25) is 0 Å². The summed E-state index contributed by atoms with van der Waals surface area (Å²) in [7, 11) is 0. The van der Waals surface area contributed by atoms with Crippen LogP contribution in [0.3, 0.4) is 0 Å². The quantitative estimate of drug-likeness (QED) is 0.872. The van der Waals surface area contributed by atoms with Gasteiger partial charge in [0.1, 0.15) is 0 Å². The fraction of sp³-hybridized carbons (Fsp3) is 0.167. The molecule has 19 heavy (non-hydrogen) atoms. The van der Waals surface area contributed by atoms with Gasteiger partial charge in [0, 0.05) is 4.88 Å². The van der Waals surface area contributed by atoms with Crippen molar-refractivity contribution in [1.82, 2.24) is 0 Å². The van der Waals surface area contributed by atoms with Crippen LogP contribution >= 0.6 is 11.3 Å². The first-order chi connectivity index (χ1) is 8.87. The highest BCUT2D eigenvalue weighted by Gasteiger charge is 2.32. The van der Waals surface area contributed by atoms with Gasteiger partial charge in [-0.2, -0.15) is 0 Å². The Morgan fingerprint density at radius 2 is 1.95 bits per heavy atom. The second kappa shape index (κ2) is 5.18. The van der Waals surface area contributed by atoms with Crippen molar-refractivity contribution < 1.29 is 22.3 Å². The van der Waals surface area contributed by atoms with Gasteiger partial charge in [-0.15, -0.1) is 24.5 Å². The average molecular weight is 291 g/mol. The third-order valence-electron chi connectivity index (χ3n) is 2.39. The molecule has 0 fully saturated rings. The van der Waals surface area contributed by atoms with Crippen LogP contribution in [0.5, 0.6) is 5.75 Å². The van der Waals surface area contributed by atoms with Gasteiger partial charge in [0.25, 0.3) is 0 Å². The molecule has 0 aliphatic rings. The highest BCUT2D eigenvalue weighted by atomic mass is 32.1. The molecule has 7 heteroatoms. The van der Waals surface area contributed by atoms with Crippen molar-refractivity contribution >= 4 is 11.3 Å². The summed E-state index contributed by atoms with van der Waals surface area (Å²) in [4.78, 5) is 0.795. The predicted molar refractivity (Wildman–Crippen MR) is 63.4 cm³/mol. The Bertz CT molecular complexity index is 553. The molecule has 2 N–H and O–H groups in total. The normalized spacial score (nSPS) is 13.3. The lowest BCUT2D eigenvalue weighted by Gasteiger charge is -2.13. The van der Waals surface area contributed by atoms with Crippen LogP contribution in [0.1, 0.15) is 16.5 Å². The van der Waals surface area contributed by atoms with E-state index in [2.05, 4.69) is 4.74 Å². The van der Waals surface area contributed by atoms with Crippen molar-refractivity contribution in [2.45, 2.75) is 12.4 Å². The summed E-state index contributed by atoms with van der Waals surface area (Å²) in [5.41, 5.74) is 6.27. The topological polar surface area (TPSA) is 35.2 Å². The Balaban J connectivity index is 2.24. The Labute approximate surface area is 110 Å². The third-order valence-corrected chi connectivity index (χ3v) is 3.35. The number of nitrogens with two attached hydrogens (primary N) is 1. The number of alkyl halides is 3. The Hall–Kier alpha value is -1.60. The zero-order valence-electron chi connectivity index (χ0n) is 9.45. The fourth-order valence-corrected chi connectivity index (χ4v) is 2.30. The second-order valence-corrected chi connectivity index (χ2v) is 4.71.